The Morgan fingerprint density at radius 1 is 0.960 bits per heavy atom. The maximum Gasteiger partial charge on any atom is 0.181 e. The minimum atomic E-state index is -3.99. The van der Waals surface area contributed by atoms with Crippen molar-refractivity contribution in [1.82, 2.24) is 0 Å². The minimum Gasteiger partial charge on any atom is -0.224 e. The van der Waals surface area contributed by atoms with Gasteiger partial charge in [-0.3, -0.25) is 0 Å². The van der Waals surface area contributed by atoms with E-state index in [0.29, 0.717) is 22.0 Å². The van der Waals surface area contributed by atoms with Crippen molar-refractivity contribution < 1.29 is 17.2 Å². The van der Waals surface area contributed by atoms with E-state index >= 15 is 0 Å². The van der Waals surface area contributed by atoms with Gasteiger partial charge in [-0.15, -0.1) is 0 Å². The molecule has 0 saturated heterocycles. The minimum absolute atomic E-state index is 0.286. The number of benzene rings is 2. The summed E-state index contributed by atoms with van der Waals surface area (Å²) in [6, 6.07) is 7.16. The van der Waals surface area contributed by atoms with Crippen molar-refractivity contribution in [3.05, 3.63) is 75.3 Å². The number of halogens is 4. The number of rotatable bonds is 3. The van der Waals surface area contributed by atoms with E-state index in [1.807, 2.05) is 12.2 Å². The summed E-state index contributed by atoms with van der Waals surface area (Å²) in [6.07, 6.45) is 4.92. The Morgan fingerprint density at radius 2 is 1.60 bits per heavy atom. The van der Waals surface area contributed by atoms with Crippen LogP contribution in [0.5, 0.6) is 0 Å². The third kappa shape index (κ3) is 3.50. The van der Waals surface area contributed by atoms with E-state index < -0.39 is 26.4 Å². The van der Waals surface area contributed by atoms with Gasteiger partial charge in [0.25, 0.3) is 0 Å². The second-order valence-corrected chi connectivity index (χ2v) is 8.44. The van der Waals surface area contributed by atoms with Crippen LogP contribution in [0.25, 0.3) is 11.1 Å². The molecule has 0 radical (unpaired) electrons. The SMILES string of the molecule is CS(=O)(=O)c1c(F)cc(C2=C(c3ccc(Cl)c(Cl)c3)C=CC2)cc1F. The zero-order chi connectivity index (χ0) is 18.4. The predicted octanol–water partition coefficient (Wildman–Crippen LogP) is 5.55. The quantitative estimate of drug-likeness (QED) is 0.676. The zero-order valence-corrected chi connectivity index (χ0v) is 15.3. The van der Waals surface area contributed by atoms with Crippen LogP contribution in [-0.4, -0.2) is 14.7 Å². The molecule has 0 aliphatic heterocycles. The molecular formula is C18H12Cl2F2O2S. The van der Waals surface area contributed by atoms with Gasteiger partial charge in [-0.2, -0.15) is 0 Å². The molecule has 130 valence electrons. The van der Waals surface area contributed by atoms with Gasteiger partial charge in [0.2, 0.25) is 0 Å². The van der Waals surface area contributed by atoms with Crippen LogP contribution in [0.15, 0.2) is 47.4 Å². The van der Waals surface area contributed by atoms with Crippen molar-refractivity contribution in [2.75, 3.05) is 6.26 Å². The maximum absolute atomic E-state index is 14.2. The third-order valence-corrected chi connectivity index (χ3v) is 5.75. The van der Waals surface area contributed by atoms with Gasteiger partial charge >= 0.3 is 0 Å². The normalized spacial score (nSPS) is 14.4. The highest BCUT2D eigenvalue weighted by atomic mass is 35.5. The first-order valence-electron chi connectivity index (χ1n) is 7.23. The summed E-state index contributed by atoms with van der Waals surface area (Å²) >= 11 is 12.0. The van der Waals surface area contributed by atoms with Crippen LogP contribution < -0.4 is 0 Å². The Balaban J connectivity index is 2.16. The van der Waals surface area contributed by atoms with E-state index in [1.54, 1.807) is 18.2 Å². The lowest BCUT2D eigenvalue weighted by molar-refractivity contribution is 0.520. The molecule has 0 unspecified atom stereocenters. The van der Waals surface area contributed by atoms with E-state index in [1.165, 1.54) is 0 Å². The molecule has 0 fully saturated rings. The molecule has 3 rings (SSSR count). The Morgan fingerprint density at radius 3 is 2.16 bits per heavy atom. The standard InChI is InChI=1S/C18H12Cl2F2O2S/c1-25(23,24)18-16(21)8-11(9-17(18)22)13-4-2-3-12(13)10-5-6-14(19)15(20)7-10/h2-3,5-9H,4H2,1H3. The van der Waals surface area contributed by atoms with Crippen LogP contribution in [0, 0.1) is 11.6 Å². The molecule has 1 aliphatic carbocycles. The van der Waals surface area contributed by atoms with Gasteiger partial charge in [-0.05, 0) is 53.0 Å². The van der Waals surface area contributed by atoms with Crippen LogP contribution in [-0.2, 0) is 9.84 Å². The fourth-order valence-corrected chi connectivity index (χ4v) is 3.93. The number of allylic oxidation sites excluding steroid dienone is 4. The molecule has 7 heteroatoms. The first-order chi connectivity index (χ1) is 11.7. The summed E-state index contributed by atoms with van der Waals surface area (Å²) in [7, 11) is -3.99. The Bertz CT molecular complexity index is 1020. The van der Waals surface area contributed by atoms with Crippen molar-refractivity contribution in [2.45, 2.75) is 11.3 Å². The van der Waals surface area contributed by atoms with Crippen molar-refractivity contribution in [1.29, 1.82) is 0 Å². The van der Waals surface area contributed by atoms with Crippen LogP contribution in [0.2, 0.25) is 10.0 Å². The van der Waals surface area contributed by atoms with E-state index in [9.17, 15) is 17.2 Å². The number of sulfone groups is 1. The molecule has 0 spiro atoms. The summed E-state index contributed by atoms with van der Waals surface area (Å²) in [5.41, 5.74) is 2.47. The molecule has 0 heterocycles. The van der Waals surface area contributed by atoms with Crippen LogP contribution in [0.4, 0.5) is 8.78 Å². The van der Waals surface area contributed by atoms with E-state index in [2.05, 4.69) is 0 Å². The smallest absolute Gasteiger partial charge is 0.181 e. The van der Waals surface area contributed by atoms with E-state index in [-0.39, 0.29) is 5.56 Å². The second-order valence-electron chi connectivity index (χ2n) is 5.67. The van der Waals surface area contributed by atoms with Crippen molar-refractivity contribution in [3.8, 4) is 0 Å². The van der Waals surface area contributed by atoms with Gasteiger partial charge in [0.1, 0.15) is 16.5 Å². The summed E-state index contributed by atoms with van der Waals surface area (Å²) < 4.78 is 51.5. The molecule has 25 heavy (non-hydrogen) atoms. The molecule has 2 aromatic carbocycles. The summed E-state index contributed by atoms with van der Waals surface area (Å²) in [5, 5.41) is 0.778. The fourth-order valence-electron chi connectivity index (χ4n) is 2.80. The average molecular weight is 401 g/mol. The van der Waals surface area contributed by atoms with Gasteiger partial charge in [-0.1, -0.05) is 41.4 Å². The Kier molecular flexibility index (Phi) is 4.75. The van der Waals surface area contributed by atoms with Crippen LogP contribution >= 0.6 is 23.2 Å². The lowest BCUT2D eigenvalue weighted by atomic mass is 9.96. The molecule has 2 nitrogen and oxygen atoms in total. The number of hydrogen-bond acceptors (Lipinski definition) is 2. The first-order valence-corrected chi connectivity index (χ1v) is 9.88. The molecule has 0 N–H and O–H groups in total. The molecule has 0 saturated carbocycles. The lowest BCUT2D eigenvalue weighted by Gasteiger charge is -2.11. The van der Waals surface area contributed by atoms with Gasteiger partial charge in [-0.25, -0.2) is 17.2 Å². The third-order valence-electron chi connectivity index (χ3n) is 3.88. The van der Waals surface area contributed by atoms with E-state index in [0.717, 1.165) is 29.5 Å². The van der Waals surface area contributed by atoms with Gasteiger partial charge in [0.15, 0.2) is 9.84 Å². The highest BCUT2D eigenvalue weighted by Gasteiger charge is 2.23. The molecule has 0 atom stereocenters. The molecule has 0 bridgehead atoms. The number of hydrogen-bond donors (Lipinski definition) is 0. The summed E-state index contributed by atoms with van der Waals surface area (Å²) in [5.74, 6) is -2.21. The highest BCUT2D eigenvalue weighted by molar-refractivity contribution is 7.90. The summed E-state index contributed by atoms with van der Waals surface area (Å²) in [4.78, 5) is -0.918. The molecular weight excluding hydrogens is 389 g/mol. The van der Waals surface area contributed by atoms with Crippen LogP contribution in [0.1, 0.15) is 17.5 Å². The topological polar surface area (TPSA) is 34.1 Å². The maximum atomic E-state index is 14.2. The highest BCUT2D eigenvalue weighted by Crippen LogP contribution is 2.38. The molecule has 0 amide bonds. The fraction of sp³-hybridized carbons (Fsp3) is 0.111. The Labute approximate surface area is 154 Å². The van der Waals surface area contributed by atoms with Crippen molar-refractivity contribution in [2.24, 2.45) is 0 Å². The monoisotopic (exact) mass is 400 g/mol. The molecule has 2 aromatic rings. The van der Waals surface area contributed by atoms with Gasteiger partial charge in [0.05, 0.1) is 10.0 Å². The van der Waals surface area contributed by atoms with E-state index in [4.69, 9.17) is 23.2 Å². The van der Waals surface area contributed by atoms with Crippen LogP contribution in [0.3, 0.4) is 0 Å². The predicted molar refractivity (Wildman–Crippen MR) is 96.5 cm³/mol. The average Bonchev–Trinajstić information content (AvgIpc) is 2.97. The van der Waals surface area contributed by atoms with Gasteiger partial charge < -0.3 is 0 Å². The largest absolute Gasteiger partial charge is 0.224 e. The van der Waals surface area contributed by atoms with Crippen molar-refractivity contribution in [3.63, 3.8) is 0 Å². The first kappa shape index (κ1) is 18.1. The zero-order valence-electron chi connectivity index (χ0n) is 13.0. The lowest BCUT2D eigenvalue weighted by Crippen LogP contribution is -2.05. The molecule has 0 aromatic heterocycles. The summed E-state index contributed by atoms with van der Waals surface area (Å²) in [6.45, 7) is 0. The van der Waals surface area contributed by atoms with Crippen molar-refractivity contribution >= 4 is 44.2 Å². The van der Waals surface area contributed by atoms with Gasteiger partial charge in [0, 0.05) is 6.26 Å². The molecule has 1 aliphatic rings. The Hall–Kier alpha value is -1.69. The second kappa shape index (κ2) is 6.56.